The third-order valence-electron chi connectivity index (χ3n) is 1.91. The molecule has 0 aromatic heterocycles. The van der Waals surface area contributed by atoms with E-state index in [1.165, 1.54) is 6.07 Å². The zero-order valence-electron chi connectivity index (χ0n) is 7.94. The number of Topliss-reactive ketones (excluding diaryl/α,β-unsaturated/α-hetero) is 1. The summed E-state index contributed by atoms with van der Waals surface area (Å²) in [5.74, 6) is -0.405. The molecule has 6 nitrogen and oxygen atoms in total. The standard InChI is InChI=1S/C9H6BrN3O3/c10-3-8(14)6-1-5(4-11)2-7(9(6)12)13(15)16/h1-2H,3,12H2. The quantitative estimate of drug-likeness (QED) is 0.298. The van der Waals surface area contributed by atoms with Crippen molar-refractivity contribution in [3.05, 3.63) is 33.4 Å². The van der Waals surface area contributed by atoms with Crippen molar-refractivity contribution in [2.75, 3.05) is 11.1 Å². The van der Waals surface area contributed by atoms with E-state index in [0.29, 0.717) is 0 Å². The lowest BCUT2D eigenvalue weighted by Gasteiger charge is -2.04. The van der Waals surface area contributed by atoms with Crippen molar-refractivity contribution in [1.82, 2.24) is 0 Å². The Bertz CT molecular complexity index is 507. The predicted molar refractivity (Wildman–Crippen MR) is 60.3 cm³/mol. The summed E-state index contributed by atoms with van der Waals surface area (Å²) in [6.07, 6.45) is 0. The monoisotopic (exact) mass is 283 g/mol. The Hall–Kier alpha value is -1.94. The highest BCUT2D eigenvalue weighted by atomic mass is 79.9. The number of nitriles is 1. The molecule has 1 aromatic carbocycles. The molecule has 0 aliphatic carbocycles. The number of nitrogens with two attached hydrogens (primary N) is 1. The Morgan fingerprint density at radius 3 is 2.69 bits per heavy atom. The first kappa shape index (κ1) is 12.1. The van der Waals surface area contributed by atoms with Crippen LogP contribution >= 0.6 is 15.9 Å². The van der Waals surface area contributed by atoms with Crippen molar-refractivity contribution >= 4 is 33.1 Å². The van der Waals surface area contributed by atoms with Gasteiger partial charge in [0.15, 0.2) is 5.78 Å². The zero-order valence-corrected chi connectivity index (χ0v) is 9.52. The zero-order chi connectivity index (χ0) is 12.3. The van der Waals surface area contributed by atoms with E-state index >= 15 is 0 Å². The Balaban J connectivity index is 3.50. The van der Waals surface area contributed by atoms with Crippen LogP contribution in [0.4, 0.5) is 11.4 Å². The molecular formula is C9H6BrN3O3. The number of carbonyl (C=O) groups excluding carboxylic acids is 1. The smallest absolute Gasteiger partial charge is 0.294 e. The minimum Gasteiger partial charge on any atom is -0.393 e. The number of hydrogen-bond donors (Lipinski definition) is 1. The predicted octanol–water partition coefficient (Wildman–Crippen LogP) is 1.63. The highest BCUT2D eigenvalue weighted by molar-refractivity contribution is 9.09. The van der Waals surface area contributed by atoms with Crippen molar-refractivity contribution in [3.63, 3.8) is 0 Å². The van der Waals surface area contributed by atoms with Crippen molar-refractivity contribution in [3.8, 4) is 6.07 Å². The summed E-state index contributed by atoms with van der Waals surface area (Å²) < 4.78 is 0. The van der Waals surface area contributed by atoms with Gasteiger partial charge in [-0.05, 0) is 6.07 Å². The number of nitrogens with zero attached hydrogens (tertiary/aromatic N) is 2. The largest absolute Gasteiger partial charge is 0.393 e. The first-order chi connectivity index (χ1) is 7.51. The van der Waals surface area contributed by atoms with Gasteiger partial charge in [0, 0.05) is 11.6 Å². The fourth-order valence-electron chi connectivity index (χ4n) is 1.16. The maximum atomic E-state index is 11.4. The minimum absolute atomic E-state index is 0.0107. The third-order valence-corrected chi connectivity index (χ3v) is 2.42. The number of nitro groups is 1. The SMILES string of the molecule is N#Cc1cc(C(=O)CBr)c(N)c([N+](=O)[O-])c1. The van der Waals surface area contributed by atoms with Crippen molar-refractivity contribution in [1.29, 1.82) is 5.26 Å². The van der Waals surface area contributed by atoms with E-state index in [2.05, 4.69) is 15.9 Å². The lowest BCUT2D eigenvalue weighted by Crippen LogP contribution is -2.08. The van der Waals surface area contributed by atoms with E-state index in [4.69, 9.17) is 11.0 Å². The van der Waals surface area contributed by atoms with Crippen molar-refractivity contribution < 1.29 is 9.72 Å². The lowest BCUT2D eigenvalue weighted by atomic mass is 10.0. The van der Waals surface area contributed by atoms with Crippen LogP contribution in [0, 0.1) is 21.4 Å². The molecular weight excluding hydrogens is 278 g/mol. The summed E-state index contributed by atoms with van der Waals surface area (Å²) in [6, 6.07) is 4.03. The van der Waals surface area contributed by atoms with Crippen molar-refractivity contribution in [2.45, 2.75) is 0 Å². The number of alkyl halides is 1. The van der Waals surface area contributed by atoms with Crippen LogP contribution in [-0.4, -0.2) is 16.0 Å². The maximum Gasteiger partial charge on any atom is 0.294 e. The summed E-state index contributed by atoms with van der Waals surface area (Å²) in [4.78, 5) is 21.3. The Morgan fingerprint density at radius 1 is 1.62 bits per heavy atom. The van der Waals surface area contributed by atoms with Gasteiger partial charge in [-0.25, -0.2) is 0 Å². The molecule has 0 amide bonds. The molecule has 0 radical (unpaired) electrons. The van der Waals surface area contributed by atoms with Crippen LogP contribution in [0.2, 0.25) is 0 Å². The molecule has 0 aliphatic heterocycles. The number of hydrogen-bond acceptors (Lipinski definition) is 5. The number of rotatable bonds is 3. The van der Waals surface area contributed by atoms with Gasteiger partial charge >= 0.3 is 0 Å². The molecule has 0 aliphatic rings. The lowest BCUT2D eigenvalue weighted by molar-refractivity contribution is -0.383. The van der Waals surface area contributed by atoms with Gasteiger partial charge in [0.2, 0.25) is 0 Å². The fourth-order valence-corrected chi connectivity index (χ4v) is 1.46. The number of nitrogen functional groups attached to an aromatic ring is 1. The molecule has 1 rings (SSSR count). The van der Waals surface area contributed by atoms with Crippen LogP contribution in [-0.2, 0) is 0 Å². The average molecular weight is 284 g/mol. The second kappa shape index (κ2) is 4.72. The summed E-state index contributed by atoms with van der Waals surface area (Å²) in [5.41, 5.74) is 4.87. The van der Waals surface area contributed by atoms with Gasteiger partial charge < -0.3 is 5.73 Å². The van der Waals surface area contributed by atoms with Gasteiger partial charge in [-0.3, -0.25) is 14.9 Å². The number of anilines is 1. The van der Waals surface area contributed by atoms with Crippen molar-refractivity contribution in [2.24, 2.45) is 0 Å². The Kier molecular flexibility index (Phi) is 3.58. The Labute approximate surface area is 98.9 Å². The van der Waals surface area contributed by atoms with E-state index in [-0.39, 0.29) is 22.1 Å². The topological polar surface area (TPSA) is 110 Å². The van der Waals surface area contributed by atoms with Crippen LogP contribution in [0.15, 0.2) is 12.1 Å². The highest BCUT2D eigenvalue weighted by Crippen LogP contribution is 2.27. The molecule has 2 N–H and O–H groups in total. The molecule has 0 heterocycles. The molecule has 0 atom stereocenters. The van der Waals surface area contributed by atoms with E-state index < -0.39 is 16.4 Å². The maximum absolute atomic E-state index is 11.4. The van der Waals surface area contributed by atoms with Crippen LogP contribution in [0.3, 0.4) is 0 Å². The molecule has 82 valence electrons. The first-order valence-corrected chi connectivity index (χ1v) is 5.20. The molecule has 7 heteroatoms. The van der Waals surface area contributed by atoms with E-state index in [0.717, 1.165) is 6.07 Å². The fraction of sp³-hybridized carbons (Fsp3) is 0.111. The van der Waals surface area contributed by atoms with Crippen LogP contribution in [0.1, 0.15) is 15.9 Å². The molecule has 0 spiro atoms. The van der Waals surface area contributed by atoms with E-state index in [9.17, 15) is 14.9 Å². The number of ketones is 1. The first-order valence-electron chi connectivity index (χ1n) is 4.08. The molecule has 0 unspecified atom stereocenters. The van der Waals surface area contributed by atoms with Crippen LogP contribution < -0.4 is 5.73 Å². The second-order valence-electron chi connectivity index (χ2n) is 2.88. The molecule has 1 aromatic rings. The number of nitro benzene ring substituents is 1. The van der Waals surface area contributed by atoms with Gasteiger partial charge in [0.25, 0.3) is 5.69 Å². The summed E-state index contributed by atoms with van der Waals surface area (Å²) in [5, 5.41) is 19.3. The number of carbonyl (C=O) groups is 1. The summed E-state index contributed by atoms with van der Waals surface area (Å²) in [7, 11) is 0. The van der Waals surface area contributed by atoms with Crippen LogP contribution in [0.25, 0.3) is 0 Å². The second-order valence-corrected chi connectivity index (χ2v) is 3.44. The summed E-state index contributed by atoms with van der Waals surface area (Å²) in [6.45, 7) is 0. The third kappa shape index (κ3) is 2.17. The highest BCUT2D eigenvalue weighted by Gasteiger charge is 2.20. The van der Waals surface area contributed by atoms with Gasteiger partial charge in [-0.1, -0.05) is 15.9 Å². The average Bonchev–Trinajstić information content (AvgIpc) is 2.28. The van der Waals surface area contributed by atoms with Gasteiger partial charge in [0.05, 0.1) is 21.9 Å². The normalized spacial score (nSPS) is 9.50. The van der Waals surface area contributed by atoms with E-state index in [1.54, 1.807) is 6.07 Å². The molecule has 0 saturated carbocycles. The van der Waals surface area contributed by atoms with E-state index in [1.807, 2.05) is 0 Å². The van der Waals surface area contributed by atoms with Crippen LogP contribution in [0.5, 0.6) is 0 Å². The molecule has 0 bridgehead atoms. The number of benzene rings is 1. The molecule has 0 saturated heterocycles. The van der Waals surface area contributed by atoms with Gasteiger partial charge in [-0.2, -0.15) is 5.26 Å². The van der Waals surface area contributed by atoms with Gasteiger partial charge in [0.1, 0.15) is 5.69 Å². The number of halogens is 1. The summed E-state index contributed by atoms with van der Waals surface area (Å²) >= 11 is 2.94. The molecule has 16 heavy (non-hydrogen) atoms. The van der Waals surface area contributed by atoms with Gasteiger partial charge in [-0.15, -0.1) is 0 Å². The Morgan fingerprint density at radius 2 is 2.25 bits per heavy atom. The minimum atomic E-state index is -0.721. The molecule has 0 fully saturated rings.